The molecular weight excluding hydrogens is 637 g/mol. The summed E-state index contributed by atoms with van der Waals surface area (Å²) in [5.41, 5.74) is 0.908. The molecule has 5 rings (SSSR count). The van der Waals surface area contributed by atoms with E-state index in [1.165, 1.54) is 12.1 Å². The molecule has 0 saturated carbocycles. The van der Waals surface area contributed by atoms with E-state index in [0.29, 0.717) is 30.6 Å². The van der Waals surface area contributed by atoms with Crippen LogP contribution in [0.15, 0.2) is 79.3 Å². The lowest BCUT2D eigenvalue weighted by atomic mass is 9.85. The number of nitrogens with zero attached hydrogens (tertiary/aromatic N) is 5. The van der Waals surface area contributed by atoms with Crippen LogP contribution in [0.4, 0.5) is 4.39 Å². The van der Waals surface area contributed by atoms with Crippen LogP contribution in [0.1, 0.15) is 73.9 Å². The van der Waals surface area contributed by atoms with Gasteiger partial charge in [-0.25, -0.2) is 14.4 Å². The molecule has 2 aromatic carbocycles. The van der Waals surface area contributed by atoms with Gasteiger partial charge in [0.25, 0.3) is 11.8 Å². The summed E-state index contributed by atoms with van der Waals surface area (Å²) in [6.07, 6.45) is 6.42. The van der Waals surface area contributed by atoms with Crippen LogP contribution in [-0.2, 0) is 16.0 Å². The molecule has 4 amide bonds. The topological polar surface area (TPSA) is 129 Å². The first-order valence-electron chi connectivity index (χ1n) is 17.1. The first-order valence-corrected chi connectivity index (χ1v) is 17.1. The lowest BCUT2D eigenvalue weighted by Gasteiger charge is -2.37. The van der Waals surface area contributed by atoms with E-state index in [-0.39, 0.29) is 60.7 Å². The van der Waals surface area contributed by atoms with E-state index in [9.17, 15) is 23.6 Å². The molecule has 0 bridgehead atoms. The predicted molar refractivity (Wildman–Crippen MR) is 188 cm³/mol. The zero-order valence-corrected chi connectivity index (χ0v) is 29.3. The Kier molecular flexibility index (Phi) is 11.3. The lowest BCUT2D eigenvalue weighted by molar-refractivity contribution is -0.141. The van der Waals surface area contributed by atoms with Crippen molar-refractivity contribution in [2.45, 2.75) is 72.0 Å². The number of halogens is 1. The molecule has 1 aliphatic heterocycles. The van der Waals surface area contributed by atoms with Crippen LogP contribution >= 0.6 is 0 Å². The summed E-state index contributed by atoms with van der Waals surface area (Å²) in [7, 11) is 0. The molecule has 11 nitrogen and oxygen atoms in total. The SMILES string of the molecule is CC[C@@H](C)C(=O)N[C@H](C(=O)N1C[C@@H](NC(=O)c2ccccc2)C[C@H]1CN(CCc1ccc(F)cc1)C(=O)c1cn2cccnc2n1)C(C)(C)C. The van der Waals surface area contributed by atoms with Crippen molar-refractivity contribution in [3.63, 3.8) is 0 Å². The number of benzene rings is 2. The van der Waals surface area contributed by atoms with Gasteiger partial charge in [-0.1, -0.05) is 65.0 Å². The van der Waals surface area contributed by atoms with E-state index in [1.807, 2.05) is 40.7 Å². The summed E-state index contributed by atoms with van der Waals surface area (Å²) in [6, 6.07) is 15.0. The van der Waals surface area contributed by atoms with E-state index >= 15 is 0 Å². The maximum atomic E-state index is 14.5. The summed E-state index contributed by atoms with van der Waals surface area (Å²) in [5.74, 6) is -1.35. The molecule has 264 valence electrons. The Labute approximate surface area is 292 Å². The molecular formula is C38H46FN7O4. The Morgan fingerprint density at radius 1 is 1.04 bits per heavy atom. The minimum Gasteiger partial charge on any atom is -0.347 e. The highest BCUT2D eigenvalue weighted by Crippen LogP contribution is 2.28. The number of carbonyl (C=O) groups excluding carboxylic acids is 4. The molecule has 0 aliphatic carbocycles. The fourth-order valence-electron chi connectivity index (χ4n) is 6.15. The Morgan fingerprint density at radius 2 is 1.76 bits per heavy atom. The van der Waals surface area contributed by atoms with Gasteiger partial charge in [-0.15, -0.1) is 0 Å². The standard InChI is InChI=1S/C38H46FN7O4/c1-6-25(2)33(47)43-32(38(3,4)5)36(50)46-22-29(41-34(48)27-11-8-7-9-12-27)21-30(46)23-44(20-17-26-13-15-28(39)16-14-26)35(49)31-24-45-19-10-18-40-37(45)42-31/h7-16,18-19,24-25,29-30,32H,6,17,20-23H2,1-5H3,(H,41,48)(H,43,47)/t25-,29+,30+,32-/m1/s1. The summed E-state index contributed by atoms with van der Waals surface area (Å²) in [4.78, 5) is 67.1. The van der Waals surface area contributed by atoms with E-state index in [0.717, 1.165) is 5.56 Å². The van der Waals surface area contributed by atoms with Gasteiger partial charge in [0.15, 0.2) is 0 Å². The van der Waals surface area contributed by atoms with Gasteiger partial charge in [0.1, 0.15) is 17.6 Å². The van der Waals surface area contributed by atoms with Crippen LogP contribution in [0, 0.1) is 17.2 Å². The highest BCUT2D eigenvalue weighted by Gasteiger charge is 2.44. The van der Waals surface area contributed by atoms with Gasteiger partial charge in [-0.3, -0.25) is 23.6 Å². The Balaban J connectivity index is 1.46. The molecule has 3 heterocycles. The number of imidazole rings is 1. The summed E-state index contributed by atoms with van der Waals surface area (Å²) >= 11 is 0. The predicted octanol–water partition coefficient (Wildman–Crippen LogP) is 4.53. The van der Waals surface area contributed by atoms with Gasteiger partial charge in [0, 0.05) is 55.7 Å². The molecule has 2 aromatic heterocycles. The molecule has 1 aliphatic rings. The lowest BCUT2D eigenvalue weighted by Crippen LogP contribution is -2.58. The van der Waals surface area contributed by atoms with E-state index in [4.69, 9.17) is 0 Å². The number of likely N-dealkylation sites (tertiary alicyclic amines) is 1. The smallest absolute Gasteiger partial charge is 0.274 e. The summed E-state index contributed by atoms with van der Waals surface area (Å²) in [6.45, 7) is 10.1. The van der Waals surface area contributed by atoms with Gasteiger partial charge in [-0.05, 0) is 60.6 Å². The number of hydrogen-bond acceptors (Lipinski definition) is 6. The van der Waals surface area contributed by atoms with Crippen molar-refractivity contribution >= 4 is 29.4 Å². The number of carbonyl (C=O) groups is 4. The Hall–Kier alpha value is -5.13. The number of rotatable bonds is 12. The van der Waals surface area contributed by atoms with Crippen molar-refractivity contribution in [2.24, 2.45) is 11.3 Å². The number of hydrogen-bond donors (Lipinski definition) is 2. The Morgan fingerprint density at radius 3 is 2.42 bits per heavy atom. The molecule has 12 heteroatoms. The van der Waals surface area contributed by atoms with Crippen molar-refractivity contribution in [1.29, 1.82) is 0 Å². The maximum absolute atomic E-state index is 14.5. The zero-order chi connectivity index (χ0) is 36.0. The van der Waals surface area contributed by atoms with Crippen LogP contribution in [0.25, 0.3) is 5.78 Å². The molecule has 1 fully saturated rings. The number of fused-ring (bicyclic) bond motifs is 1. The highest BCUT2D eigenvalue weighted by molar-refractivity contribution is 5.95. The van der Waals surface area contributed by atoms with Crippen molar-refractivity contribution in [3.05, 3.63) is 102 Å². The van der Waals surface area contributed by atoms with Gasteiger partial charge in [-0.2, -0.15) is 0 Å². The monoisotopic (exact) mass is 683 g/mol. The van der Waals surface area contributed by atoms with Gasteiger partial charge >= 0.3 is 0 Å². The first kappa shape index (κ1) is 36.2. The minimum absolute atomic E-state index is 0.140. The molecule has 0 spiro atoms. The van der Waals surface area contributed by atoms with Gasteiger partial charge in [0.05, 0.1) is 6.04 Å². The molecule has 2 N–H and O–H groups in total. The molecule has 0 radical (unpaired) electrons. The zero-order valence-electron chi connectivity index (χ0n) is 29.3. The maximum Gasteiger partial charge on any atom is 0.274 e. The Bertz CT molecular complexity index is 1770. The van der Waals surface area contributed by atoms with Crippen LogP contribution in [0.2, 0.25) is 0 Å². The minimum atomic E-state index is -0.844. The third-order valence-corrected chi connectivity index (χ3v) is 9.28. The van der Waals surface area contributed by atoms with Crippen LogP contribution in [-0.4, -0.2) is 85.6 Å². The third kappa shape index (κ3) is 8.71. The average Bonchev–Trinajstić information content (AvgIpc) is 3.72. The molecule has 1 saturated heterocycles. The second kappa shape index (κ2) is 15.6. The quantitative estimate of drug-likeness (QED) is 0.226. The van der Waals surface area contributed by atoms with Crippen molar-refractivity contribution < 1.29 is 23.6 Å². The van der Waals surface area contributed by atoms with E-state index < -0.39 is 23.5 Å². The number of nitrogens with one attached hydrogen (secondary N) is 2. The summed E-state index contributed by atoms with van der Waals surface area (Å²) in [5, 5.41) is 6.09. The van der Waals surface area contributed by atoms with Gasteiger partial charge < -0.3 is 20.4 Å². The largest absolute Gasteiger partial charge is 0.347 e. The molecule has 4 atom stereocenters. The van der Waals surface area contributed by atoms with Crippen molar-refractivity contribution in [3.8, 4) is 0 Å². The number of aromatic nitrogens is 3. The second-order valence-corrected chi connectivity index (χ2v) is 14.1. The molecule has 0 unspecified atom stereocenters. The fourth-order valence-corrected chi connectivity index (χ4v) is 6.15. The molecule has 50 heavy (non-hydrogen) atoms. The van der Waals surface area contributed by atoms with Crippen LogP contribution in [0.3, 0.4) is 0 Å². The normalized spacial score (nSPS) is 17.3. The van der Waals surface area contributed by atoms with Crippen molar-refractivity contribution in [1.82, 2.24) is 34.8 Å². The van der Waals surface area contributed by atoms with Gasteiger partial charge in [0.2, 0.25) is 17.6 Å². The van der Waals surface area contributed by atoms with E-state index in [2.05, 4.69) is 20.6 Å². The van der Waals surface area contributed by atoms with Crippen LogP contribution in [0.5, 0.6) is 0 Å². The third-order valence-electron chi connectivity index (χ3n) is 9.28. The average molecular weight is 684 g/mol. The first-order chi connectivity index (χ1) is 23.8. The highest BCUT2D eigenvalue weighted by atomic mass is 19.1. The second-order valence-electron chi connectivity index (χ2n) is 14.1. The summed E-state index contributed by atoms with van der Waals surface area (Å²) < 4.78 is 15.3. The number of amides is 4. The fraction of sp³-hybridized carbons (Fsp3) is 0.421. The van der Waals surface area contributed by atoms with E-state index in [1.54, 1.807) is 75.3 Å². The van der Waals surface area contributed by atoms with Crippen molar-refractivity contribution in [2.75, 3.05) is 19.6 Å². The molecule has 4 aromatic rings. The van der Waals surface area contributed by atoms with Crippen LogP contribution < -0.4 is 10.6 Å².